The minimum absolute atomic E-state index is 0.137. The van der Waals surface area contributed by atoms with Crippen LogP contribution >= 0.6 is 23.2 Å². The number of H-pyrrole nitrogens is 1. The van der Waals surface area contributed by atoms with Crippen molar-refractivity contribution in [2.75, 3.05) is 18.4 Å². The zero-order valence-electron chi connectivity index (χ0n) is 8.81. The molecule has 0 radical (unpaired) electrons. The Morgan fingerprint density at radius 3 is 2.53 bits per heavy atom. The van der Waals surface area contributed by atoms with Crippen LogP contribution in [-0.2, 0) is 4.74 Å². The minimum Gasteiger partial charge on any atom is -0.392 e. The second-order valence-electron chi connectivity index (χ2n) is 3.22. The molecule has 0 saturated carbocycles. The molecule has 0 aliphatic rings. The van der Waals surface area contributed by atoms with Crippen molar-refractivity contribution in [3.05, 3.63) is 33.1 Å². The monoisotopic (exact) mass is 282 g/mol. The van der Waals surface area contributed by atoms with E-state index in [1.807, 2.05) is 0 Å². The Bertz CT molecular complexity index is 455. The fourth-order valence-corrected chi connectivity index (χ4v) is 1.66. The number of hydrogen-bond acceptors (Lipinski definition) is 4. The van der Waals surface area contributed by atoms with Crippen molar-refractivity contribution in [1.82, 2.24) is 9.55 Å². The van der Waals surface area contributed by atoms with E-state index in [1.165, 1.54) is 6.20 Å². The molecule has 2 N–H and O–H groups in total. The van der Waals surface area contributed by atoms with Crippen LogP contribution in [0.4, 0.5) is 0 Å². The number of alkyl halides is 2. The van der Waals surface area contributed by atoms with E-state index < -0.39 is 30.2 Å². The summed E-state index contributed by atoms with van der Waals surface area (Å²) in [7, 11) is 0. The van der Waals surface area contributed by atoms with Crippen molar-refractivity contribution in [3.8, 4) is 0 Å². The highest BCUT2D eigenvalue weighted by atomic mass is 35.5. The van der Waals surface area contributed by atoms with Gasteiger partial charge in [0, 0.05) is 24.0 Å². The molecule has 1 rings (SSSR count). The molecule has 0 aliphatic heterocycles. The SMILES string of the molecule is O=c1ccn([C@@H](CO)OC(CCl)CCl)c(=O)[nH]1. The Labute approximate surface area is 107 Å². The average molecular weight is 283 g/mol. The molecule has 8 heteroatoms. The van der Waals surface area contributed by atoms with Crippen molar-refractivity contribution in [1.29, 1.82) is 0 Å². The van der Waals surface area contributed by atoms with Crippen LogP contribution in [0.15, 0.2) is 21.9 Å². The van der Waals surface area contributed by atoms with Crippen LogP contribution in [0.2, 0.25) is 0 Å². The van der Waals surface area contributed by atoms with Crippen LogP contribution in [0.5, 0.6) is 0 Å². The molecule has 1 atom stereocenters. The van der Waals surface area contributed by atoms with Crippen molar-refractivity contribution >= 4 is 23.2 Å². The molecule has 0 unspecified atom stereocenters. The van der Waals surface area contributed by atoms with Gasteiger partial charge in [0.25, 0.3) is 5.56 Å². The van der Waals surface area contributed by atoms with Crippen LogP contribution < -0.4 is 11.2 Å². The third kappa shape index (κ3) is 3.85. The smallest absolute Gasteiger partial charge is 0.330 e. The normalized spacial score (nSPS) is 12.9. The number of aromatic amines is 1. The number of nitrogens with zero attached hydrogens (tertiary/aromatic N) is 1. The van der Waals surface area contributed by atoms with Crippen molar-refractivity contribution in [3.63, 3.8) is 0 Å². The van der Waals surface area contributed by atoms with Crippen molar-refractivity contribution in [2.24, 2.45) is 0 Å². The maximum Gasteiger partial charge on any atom is 0.330 e. The number of aromatic nitrogens is 2. The summed E-state index contributed by atoms with van der Waals surface area (Å²) in [5.74, 6) is 0.274. The van der Waals surface area contributed by atoms with Gasteiger partial charge in [0.2, 0.25) is 0 Å². The molecule has 1 heterocycles. The van der Waals surface area contributed by atoms with Gasteiger partial charge in [0.1, 0.15) is 0 Å². The van der Waals surface area contributed by atoms with E-state index >= 15 is 0 Å². The van der Waals surface area contributed by atoms with Crippen LogP contribution in [0.3, 0.4) is 0 Å². The highest BCUT2D eigenvalue weighted by molar-refractivity contribution is 6.21. The first-order valence-electron chi connectivity index (χ1n) is 4.82. The standard InChI is InChI=1S/C9H12Cl2N2O4/c10-3-6(4-11)17-8(5-14)13-2-1-7(15)12-9(13)16/h1-2,6,8,14H,3-5H2,(H,12,15,16)/t8-/m1/s1. The van der Waals surface area contributed by atoms with Gasteiger partial charge >= 0.3 is 5.69 Å². The highest BCUT2D eigenvalue weighted by Gasteiger charge is 2.17. The zero-order valence-corrected chi connectivity index (χ0v) is 10.3. The molecule has 1 aromatic heterocycles. The molecule has 0 spiro atoms. The van der Waals surface area contributed by atoms with Gasteiger partial charge in [-0.05, 0) is 0 Å². The topological polar surface area (TPSA) is 84.3 Å². The first-order valence-corrected chi connectivity index (χ1v) is 5.89. The molecule has 0 fully saturated rings. The lowest BCUT2D eigenvalue weighted by Crippen LogP contribution is -2.36. The number of aliphatic hydroxyl groups excluding tert-OH is 1. The lowest BCUT2D eigenvalue weighted by molar-refractivity contribution is -0.0663. The maximum absolute atomic E-state index is 11.4. The van der Waals surface area contributed by atoms with Gasteiger partial charge in [0.05, 0.1) is 12.7 Å². The van der Waals surface area contributed by atoms with Crippen LogP contribution in [0, 0.1) is 0 Å². The highest BCUT2D eigenvalue weighted by Crippen LogP contribution is 2.10. The van der Waals surface area contributed by atoms with Crippen LogP contribution in [0.25, 0.3) is 0 Å². The average Bonchev–Trinajstić information content (AvgIpc) is 2.32. The summed E-state index contributed by atoms with van der Waals surface area (Å²) in [4.78, 5) is 24.4. The summed E-state index contributed by atoms with van der Waals surface area (Å²) in [6.07, 6.45) is -0.183. The van der Waals surface area contributed by atoms with E-state index in [0.717, 1.165) is 10.6 Å². The summed E-state index contributed by atoms with van der Waals surface area (Å²) in [5.41, 5.74) is -1.19. The number of halogens is 2. The summed E-state index contributed by atoms with van der Waals surface area (Å²) < 4.78 is 6.39. The predicted molar refractivity (Wildman–Crippen MR) is 63.8 cm³/mol. The van der Waals surface area contributed by atoms with Gasteiger partial charge in [-0.3, -0.25) is 14.3 Å². The molecule has 0 saturated heterocycles. The lowest BCUT2D eigenvalue weighted by atomic mass is 10.4. The minimum atomic E-state index is -0.929. The van der Waals surface area contributed by atoms with E-state index in [0.29, 0.717) is 0 Å². The fourth-order valence-electron chi connectivity index (χ4n) is 1.19. The van der Waals surface area contributed by atoms with Gasteiger partial charge in [-0.15, -0.1) is 23.2 Å². The van der Waals surface area contributed by atoms with E-state index in [4.69, 9.17) is 33.0 Å². The van der Waals surface area contributed by atoms with Gasteiger partial charge in [-0.2, -0.15) is 0 Å². The number of nitrogens with one attached hydrogen (secondary N) is 1. The third-order valence-corrected chi connectivity index (χ3v) is 2.70. The Kier molecular flexibility index (Phi) is 5.70. The van der Waals surface area contributed by atoms with E-state index in [2.05, 4.69) is 4.98 Å². The lowest BCUT2D eigenvalue weighted by Gasteiger charge is -2.21. The Balaban J connectivity index is 2.93. The van der Waals surface area contributed by atoms with Gasteiger partial charge in [-0.1, -0.05) is 0 Å². The van der Waals surface area contributed by atoms with E-state index in [9.17, 15) is 9.59 Å². The third-order valence-electron chi connectivity index (χ3n) is 2.01. The summed E-state index contributed by atoms with van der Waals surface area (Å²) in [6.45, 7) is -0.434. The largest absolute Gasteiger partial charge is 0.392 e. The number of ether oxygens (including phenoxy) is 1. The van der Waals surface area contributed by atoms with Gasteiger partial charge in [0.15, 0.2) is 6.23 Å². The molecule has 0 amide bonds. The second-order valence-corrected chi connectivity index (χ2v) is 3.84. The Morgan fingerprint density at radius 2 is 2.06 bits per heavy atom. The molecule has 6 nitrogen and oxygen atoms in total. The maximum atomic E-state index is 11.4. The quantitative estimate of drug-likeness (QED) is 0.713. The molecule has 0 aromatic carbocycles. The van der Waals surface area contributed by atoms with Crippen LogP contribution in [0.1, 0.15) is 6.23 Å². The fraction of sp³-hybridized carbons (Fsp3) is 0.556. The number of rotatable bonds is 6. The molecule has 0 bridgehead atoms. The van der Waals surface area contributed by atoms with Crippen molar-refractivity contribution in [2.45, 2.75) is 12.3 Å². The predicted octanol–water partition coefficient (Wildman–Crippen LogP) is -0.110. The molecule has 96 valence electrons. The summed E-state index contributed by atoms with van der Waals surface area (Å²) in [6, 6.07) is 1.16. The van der Waals surface area contributed by atoms with Gasteiger partial charge in [-0.25, -0.2) is 4.79 Å². The Morgan fingerprint density at radius 1 is 1.41 bits per heavy atom. The Hall–Kier alpha value is -0.820. The second kappa shape index (κ2) is 6.80. The summed E-state index contributed by atoms with van der Waals surface area (Å²) in [5, 5.41) is 9.15. The molecule has 17 heavy (non-hydrogen) atoms. The first kappa shape index (κ1) is 14.2. The molecular weight excluding hydrogens is 271 g/mol. The molecule has 1 aromatic rings. The first-order chi connectivity index (χ1) is 8.12. The summed E-state index contributed by atoms with van der Waals surface area (Å²) >= 11 is 11.2. The molecular formula is C9H12Cl2N2O4. The zero-order chi connectivity index (χ0) is 12.8. The van der Waals surface area contributed by atoms with E-state index in [-0.39, 0.29) is 11.8 Å². The number of hydrogen-bond donors (Lipinski definition) is 2. The van der Waals surface area contributed by atoms with Crippen molar-refractivity contribution < 1.29 is 9.84 Å². The van der Waals surface area contributed by atoms with Crippen LogP contribution in [-0.4, -0.2) is 39.1 Å². The van der Waals surface area contributed by atoms with E-state index in [1.54, 1.807) is 0 Å². The molecule has 0 aliphatic carbocycles. The number of aliphatic hydroxyl groups is 1. The van der Waals surface area contributed by atoms with Gasteiger partial charge < -0.3 is 9.84 Å².